The van der Waals surface area contributed by atoms with Gasteiger partial charge in [0.05, 0.1) is 5.92 Å². The number of unbranched alkanes of at least 4 members (excludes halogenated alkanes) is 10. The van der Waals surface area contributed by atoms with Crippen molar-refractivity contribution in [2.24, 2.45) is 5.92 Å². The minimum atomic E-state index is -0.627. The van der Waals surface area contributed by atoms with Crippen LogP contribution in [0.25, 0.3) is 0 Å². The molecule has 0 spiro atoms. The van der Waals surface area contributed by atoms with Crippen molar-refractivity contribution in [3.8, 4) is 0 Å². The van der Waals surface area contributed by atoms with Gasteiger partial charge in [0.25, 0.3) is 0 Å². The van der Waals surface area contributed by atoms with Gasteiger partial charge in [0.15, 0.2) is 0 Å². The molecule has 0 rings (SSSR count). The molecule has 2 atom stereocenters. The Balaban J connectivity index is 3.66. The quantitative estimate of drug-likeness (QED) is 0.368. The Labute approximate surface area is 144 Å². The predicted molar refractivity (Wildman–Crippen MR) is 100.0 cm³/mol. The van der Waals surface area contributed by atoms with Crippen LogP contribution in [-0.2, 0) is 4.79 Å². The molecule has 138 valence electrons. The van der Waals surface area contributed by atoms with Crippen molar-refractivity contribution in [3.05, 3.63) is 0 Å². The van der Waals surface area contributed by atoms with Gasteiger partial charge in [-0.15, -0.1) is 0 Å². The monoisotopic (exact) mass is 327 g/mol. The fourth-order valence-corrected chi connectivity index (χ4v) is 3.52. The van der Waals surface area contributed by atoms with Crippen LogP contribution in [0.1, 0.15) is 97.3 Å². The van der Waals surface area contributed by atoms with Crippen molar-refractivity contribution in [3.63, 3.8) is 0 Å². The van der Waals surface area contributed by atoms with Crippen LogP contribution in [-0.4, -0.2) is 36.1 Å². The molecular formula is C20H41NO2. The Hall–Kier alpha value is -0.570. The molecule has 0 amide bonds. The minimum Gasteiger partial charge on any atom is -0.481 e. The topological polar surface area (TPSA) is 40.5 Å². The molecule has 23 heavy (non-hydrogen) atoms. The van der Waals surface area contributed by atoms with E-state index < -0.39 is 5.97 Å². The van der Waals surface area contributed by atoms with Gasteiger partial charge in [-0.05, 0) is 26.9 Å². The SMILES string of the molecule is CCCCCCCCCCCCCC(C(=O)O)C(CC)N(C)C. The summed E-state index contributed by atoms with van der Waals surface area (Å²) in [4.78, 5) is 13.6. The summed E-state index contributed by atoms with van der Waals surface area (Å²) < 4.78 is 0. The lowest BCUT2D eigenvalue weighted by molar-refractivity contribution is -0.144. The molecule has 0 fully saturated rings. The van der Waals surface area contributed by atoms with Crippen LogP contribution in [0.2, 0.25) is 0 Å². The van der Waals surface area contributed by atoms with E-state index in [0.717, 1.165) is 19.3 Å². The van der Waals surface area contributed by atoms with E-state index in [0.29, 0.717) is 0 Å². The van der Waals surface area contributed by atoms with E-state index in [9.17, 15) is 9.90 Å². The maximum Gasteiger partial charge on any atom is 0.308 e. The second-order valence-corrected chi connectivity index (χ2v) is 7.21. The lowest BCUT2D eigenvalue weighted by Gasteiger charge is -2.28. The van der Waals surface area contributed by atoms with E-state index >= 15 is 0 Å². The van der Waals surface area contributed by atoms with Crippen molar-refractivity contribution in [1.29, 1.82) is 0 Å². The molecule has 1 N–H and O–H groups in total. The fraction of sp³-hybridized carbons (Fsp3) is 0.950. The maximum atomic E-state index is 11.5. The van der Waals surface area contributed by atoms with Crippen LogP contribution in [0.5, 0.6) is 0 Å². The summed E-state index contributed by atoms with van der Waals surface area (Å²) in [5.41, 5.74) is 0. The van der Waals surface area contributed by atoms with Crippen molar-refractivity contribution in [1.82, 2.24) is 4.90 Å². The number of nitrogens with zero attached hydrogens (tertiary/aromatic N) is 1. The van der Waals surface area contributed by atoms with Gasteiger partial charge in [-0.2, -0.15) is 0 Å². The number of carboxylic acid groups (broad SMARTS) is 1. The van der Waals surface area contributed by atoms with Crippen LogP contribution >= 0.6 is 0 Å². The summed E-state index contributed by atoms with van der Waals surface area (Å²) >= 11 is 0. The number of carbonyl (C=O) groups is 1. The molecule has 0 aromatic heterocycles. The molecule has 0 saturated carbocycles. The van der Waals surface area contributed by atoms with Gasteiger partial charge in [-0.3, -0.25) is 4.79 Å². The van der Waals surface area contributed by atoms with Crippen LogP contribution in [0.4, 0.5) is 0 Å². The lowest BCUT2D eigenvalue weighted by Crippen LogP contribution is -2.38. The summed E-state index contributed by atoms with van der Waals surface area (Å²) in [6, 6.07) is 0.163. The standard InChI is InChI=1S/C20H41NO2/c1-5-7-8-9-10-11-12-13-14-15-16-17-18(20(22)23)19(6-2)21(3)4/h18-19H,5-17H2,1-4H3,(H,22,23). The zero-order valence-corrected chi connectivity index (χ0v) is 16.1. The highest BCUT2D eigenvalue weighted by atomic mass is 16.4. The normalized spacial score (nSPS) is 14.1. The Kier molecular flexibility index (Phi) is 14.6. The highest BCUT2D eigenvalue weighted by molar-refractivity contribution is 5.70. The van der Waals surface area contributed by atoms with Gasteiger partial charge in [0.1, 0.15) is 0 Å². The summed E-state index contributed by atoms with van der Waals surface area (Å²) in [5, 5.41) is 9.46. The lowest BCUT2D eigenvalue weighted by atomic mass is 9.90. The molecule has 3 heteroatoms. The fourth-order valence-electron chi connectivity index (χ4n) is 3.52. The molecule has 0 aromatic carbocycles. The third-order valence-corrected chi connectivity index (χ3v) is 4.98. The Morgan fingerprint density at radius 3 is 1.61 bits per heavy atom. The van der Waals surface area contributed by atoms with Gasteiger partial charge >= 0.3 is 5.97 Å². The number of carboxylic acids is 1. The Bertz CT molecular complexity index is 279. The molecule has 0 saturated heterocycles. The number of hydrogen-bond donors (Lipinski definition) is 1. The van der Waals surface area contributed by atoms with Crippen LogP contribution in [0.3, 0.4) is 0 Å². The van der Waals surface area contributed by atoms with E-state index in [2.05, 4.69) is 18.7 Å². The summed E-state index contributed by atoms with van der Waals surface area (Å²) in [5.74, 6) is -0.841. The van der Waals surface area contributed by atoms with E-state index in [1.165, 1.54) is 64.2 Å². The van der Waals surface area contributed by atoms with Crippen molar-refractivity contribution in [2.75, 3.05) is 14.1 Å². The van der Waals surface area contributed by atoms with Gasteiger partial charge in [0.2, 0.25) is 0 Å². The first-order chi connectivity index (χ1) is 11.0. The molecule has 0 bridgehead atoms. The summed E-state index contributed by atoms with van der Waals surface area (Å²) in [6.07, 6.45) is 16.2. The molecule has 2 unspecified atom stereocenters. The first-order valence-electron chi connectivity index (χ1n) is 9.93. The molecule has 0 heterocycles. The van der Waals surface area contributed by atoms with E-state index in [1.54, 1.807) is 0 Å². The third kappa shape index (κ3) is 11.6. The average Bonchev–Trinajstić information content (AvgIpc) is 2.50. The molecular weight excluding hydrogens is 286 g/mol. The number of aliphatic carboxylic acids is 1. The smallest absolute Gasteiger partial charge is 0.308 e. The number of hydrogen-bond acceptors (Lipinski definition) is 2. The largest absolute Gasteiger partial charge is 0.481 e. The van der Waals surface area contributed by atoms with Gasteiger partial charge in [-0.1, -0.05) is 84.5 Å². The van der Waals surface area contributed by atoms with E-state index in [1.807, 2.05) is 14.1 Å². The van der Waals surface area contributed by atoms with E-state index in [-0.39, 0.29) is 12.0 Å². The Morgan fingerprint density at radius 2 is 1.26 bits per heavy atom. The molecule has 3 nitrogen and oxygen atoms in total. The summed E-state index contributed by atoms with van der Waals surface area (Å²) in [7, 11) is 3.98. The second kappa shape index (κ2) is 15.0. The highest BCUT2D eigenvalue weighted by Crippen LogP contribution is 2.21. The highest BCUT2D eigenvalue weighted by Gasteiger charge is 2.27. The molecule has 0 aliphatic heterocycles. The second-order valence-electron chi connectivity index (χ2n) is 7.21. The minimum absolute atomic E-state index is 0.163. The Morgan fingerprint density at radius 1 is 0.826 bits per heavy atom. The first kappa shape index (κ1) is 22.4. The number of rotatable bonds is 16. The molecule has 0 radical (unpaired) electrons. The maximum absolute atomic E-state index is 11.5. The first-order valence-corrected chi connectivity index (χ1v) is 9.93. The molecule has 0 aliphatic rings. The predicted octanol–water partition coefficient (Wildman–Crippen LogP) is 5.73. The average molecular weight is 328 g/mol. The van der Waals surface area contributed by atoms with Gasteiger partial charge in [-0.25, -0.2) is 0 Å². The zero-order chi connectivity index (χ0) is 17.5. The van der Waals surface area contributed by atoms with Gasteiger partial charge < -0.3 is 10.0 Å². The van der Waals surface area contributed by atoms with Crippen LogP contribution < -0.4 is 0 Å². The van der Waals surface area contributed by atoms with Crippen molar-refractivity contribution < 1.29 is 9.90 Å². The third-order valence-electron chi connectivity index (χ3n) is 4.98. The van der Waals surface area contributed by atoms with Gasteiger partial charge in [0, 0.05) is 6.04 Å². The van der Waals surface area contributed by atoms with Crippen molar-refractivity contribution in [2.45, 2.75) is 103 Å². The molecule has 0 aliphatic carbocycles. The molecule has 0 aromatic rings. The van der Waals surface area contributed by atoms with Crippen LogP contribution in [0.15, 0.2) is 0 Å². The van der Waals surface area contributed by atoms with Crippen LogP contribution in [0, 0.1) is 5.92 Å². The van der Waals surface area contributed by atoms with Crippen molar-refractivity contribution >= 4 is 5.97 Å². The van der Waals surface area contributed by atoms with E-state index in [4.69, 9.17) is 0 Å². The zero-order valence-electron chi connectivity index (χ0n) is 16.1. The summed E-state index contributed by atoms with van der Waals surface area (Å²) in [6.45, 7) is 4.34.